The molecule has 0 spiro atoms. The van der Waals surface area contributed by atoms with Crippen molar-refractivity contribution in [2.24, 2.45) is 0 Å². The summed E-state index contributed by atoms with van der Waals surface area (Å²) >= 11 is 0. The predicted octanol–water partition coefficient (Wildman–Crippen LogP) is 1.59. The van der Waals surface area contributed by atoms with Gasteiger partial charge in [-0.2, -0.15) is 0 Å². The Kier molecular flexibility index (Phi) is 7.76. The first kappa shape index (κ1) is 13.6. The smallest absolute Gasteiger partial charge is 0.0707 e. The van der Waals surface area contributed by atoms with E-state index in [-0.39, 0.29) is 5.60 Å². The largest absolute Gasteiger partial charge is 0.378 e. The molecule has 0 aliphatic heterocycles. The third kappa shape index (κ3) is 11.6. The molecule has 0 saturated heterocycles. The Bertz CT molecular complexity index is 141. The van der Waals surface area contributed by atoms with Gasteiger partial charge in [-0.25, -0.2) is 0 Å². The van der Waals surface area contributed by atoms with Gasteiger partial charge in [-0.15, -0.1) is 6.58 Å². The van der Waals surface area contributed by atoms with Gasteiger partial charge in [0.25, 0.3) is 0 Å². The van der Waals surface area contributed by atoms with Crippen LogP contribution in [0, 0.1) is 0 Å². The average molecular weight is 201 g/mol. The van der Waals surface area contributed by atoms with Gasteiger partial charge in [0.05, 0.1) is 25.4 Å². The van der Waals surface area contributed by atoms with Gasteiger partial charge in [0.2, 0.25) is 0 Å². The third-order valence-corrected chi connectivity index (χ3v) is 1.47. The van der Waals surface area contributed by atoms with E-state index in [0.717, 1.165) is 19.7 Å². The molecule has 0 unspecified atom stereocenters. The van der Waals surface area contributed by atoms with E-state index in [2.05, 4.69) is 11.9 Å². The zero-order valence-corrected chi connectivity index (χ0v) is 9.64. The molecule has 0 heterocycles. The van der Waals surface area contributed by atoms with Gasteiger partial charge in [-0.1, -0.05) is 6.08 Å². The first-order valence-electron chi connectivity index (χ1n) is 5.09. The van der Waals surface area contributed by atoms with Crippen LogP contribution in [0.3, 0.4) is 0 Å². The minimum absolute atomic E-state index is 0.0650. The van der Waals surface area contributed by atoms with E-state index in [1.54, 1.807) is 0 Å². The number of ether oxygens (including phenoxy) is 2. The van der Waals surface area contributed by atoms with E-state index in [1.165, 1.54) is 0 Å². The van der Waals surface area contributed by atoms with Crippen molar-refractivity contribution in [1.82, 2.24) is 5.32 Å². The molecule has 0 radical (unpaired) electrons. The molecule has 84 valence electrons. The Morgan fingerprint density at radius 2 is 1.93 bits per heavy atom. The maximum atomic E-state index is 5.50. The summed E-state index contributed by atoms with van der Waals surface area (Å²) in [4.78, 5) is 0. The lowest BCUT2D eigenvalue weighted by Crippen LogP contribution is -2.24. The molecule has 0 aliphatic rings. The first-order valence-corrected chi connectivity index (χ1v) is 5.09. The van der Waals surface area contributed by atoms with Crippen LogP contribution in [0.25, 0.3) is 0 Å². The maximum Gasteiger partial charge on any atom is 0.0707 e. The lowest BCUT2D eigenvalue weighted by Gasteiger charge is -2.19. The normalized spacial score (nSPS) is 11.6. The lowest BCUT2D eigenvalue weighted by molar-refractivity contribution is -0.0342. The highest BCUT2D eigenvalue weighted by atomic mass is 16.5. The summed E-state index contributed by atoms with van der Waals surface area (Å²) in [7, 11) is 0. The zero-order chi connectivity index (χ0) is 10.9. The Labute approximate surface area is 87.5 Å². The van der Waals surface area contributed by atoms with E-state index in [4.69, 9.17) is 9.47 Å². The van der Waals surface area contributed by atoms with Crippen molar-refractivity contribution in [2.75, 3.05) is 32.9 Å². The molecular formula is C11H23NO2. The standard InChI is InChI=1S/C11H23NO2/c1-5-6-12-7-8-13-9-10-14-11(2,3)4/h5,12H,1,6-10H2,2-4H3. The fourth-order valence-electron chi connectivity index (χ4n) is 0.857. The molecule has 0 aromatic carbocycles. The van der Waals surface area contributed by atoms with Crippen LogP contribution >= 0.6 is 0 Å². The highest BCUT2D eigenvalue weighted by Gasteiger charge is 2.08. The van der Waals surface area contributed by atoms with Gasteiger partial charge >= 0.3 is 0 Å². The summed E-state index contributed by atoms with van der Waals surface area (Å²) in [5.41, 5.74) is -0.0650. The maximum absolute atomic E-state index is 5.50. The molecule has 0 bridgehead atoms. The van der Waals surface area contributed by atoms with E-state index in [9.17, 15) is 0 Å². The molecule has 0 atom stereocenters. The van der Waals surface area contributed by atoms with E-state index in [0.29, 0.717) is 13.2 Å². The highest BCUT2D eigenvalue weighted by molar-refractivity contribution is 4.68. The van der Waals surface area contributed by atoms with Gasteiger partial charge in [-0.3, -0.25) is 0 Å². The van der Waals surface area contributed by atoms with E-state index in [1.807, 2.05) is 26.8 Å². The van der Waals surface area contributed by atoms with Crippen LogP contribution in [0.1, 0.15) is 20.8 Å². The lowest BCUT2D eigenvalue weighted by atomic mass is 10.2. The molecule has 3 heteroatoms. The Morgan fingerprint density at radius 1 is 1.21 bits per heavy atom. The molecule has 0 aliphatic carbocycles. The van der Waals surface area contributed by atoms with Crippen LogP contribution in [0.5, 0.6) is 0 Å². The quantitative estimate of drug-likeness (QED) is 0.478. The van der Waals surface area contributed by atoms with Gasteiger partial charge in [-0.05, 0) is 20.8 Å². The molecule has 0 fully saturated rings. The Balaban J connectivity index is 3.03. The summed E-state index contributed by atoms with van der Waals surface area (Å²) in [6, 6.07) is 0. The molecule has 3 nitrogen and oxygen atoms in total. The van der Waals surface area contributed by atoms with Crippen molar-refractivity contribution < 1.29 is 9.47 Å². The highest BCUT2D eigenvalue weighted by Crippen LogP contribution is 2.05. The fraction of sp³-hybridized carbons (Fsp3) is 0.818. The molecule has 0 amide bonds. The third-order valence-electron chi connectivity index (χ3n) is 1.47. The monoisotopic (exact) mass is 201 g/mol. The van der Waals surface area contributed by atoms with Crippen LogP contribution in [0.4, 0.5) is 0 Å². The van der Waals surface area contributed by atoms with Crippen molar-refractivity contribution in [2.45, 2.75) is 26.4 Å². The minimum atomic E-state index is -0.0650. The molecule has 1 N–H and O–H groups in total. The molecule has 0 aromatic heterocycles. The van der Waals surface area contributed by atoms with Crippen molar-refractivity contribution in [1.29, 1.82) is 0 Å². The van der Waals surface area contributed by atoms with Gasteiger partial charge in [0.1, 0.15) is 0 Å². The number of rotatable bonds is 8. The Morgan fingerprint density at radius 3 is 2.50 bits per heavy atom. The van der Waals surface area contributed by atoms with Crippen LogP contribution < -0.4 is 5.32 Å². The minimum Gasteiger partial charge on any atom is -0.378 e. The zero-order valence-electron chi connectivity index (χ0n) is 9.64. The first-order chi connectivity index (χ1) is 6.56. The molecule has 0 saturated carbocycles. The predicted molar refractivity (Wildman–Crippen MR) is 59.6 cm³/mol. The molecule has 14 heavy (non-hydrogen) atoms. The second-order valence-electron chi connectivity index (χ2n) is 4.07. The second-order valence-corrected chi connectivity index (χ2v) is 4.07. The van der Waals surface area contributed by atoms with Crippen molar-refractivity contribution in [3.8, 4) is 0 Å². The van der Waals surface area contributed by atoms with Crippen molar-refractivity contribution in [3.05, 3.63) is 12.7 Å². The fourth-order valence-corrected chi connectivity index (χ4v) is 0.857. The van der Waals surface area contributed by atoms with E-state index >= 15 is 0 Å². The molecule has 0 aromatic rings. The van der Waals surface area contributed by atoms with Gasteiger partial charge in [0.15, 0.2) is 0 Å². The number of hydrogen-bond acceptors (Lipinski definition) is 3. The number of nitrogens with one attached hydrogen (secondary N) is 1. The SMILES string of the molecule is C=CCNCCOCCOC(C)(C)C. The second kappa shape index (κ2) is 7.97. The van der Waals surface area contributed by atoms with Crippen LogP contribution in [0.2, 0.25) is 0 Å². The van der Waals surface area contributed by atoms with Crippen molar-refractivity contribution in [3.63, 3.8) is 0 Å². The van der Waals surface area contributed by atoms with Crippen LogP contribution in [-0.4, -0.2) is 38.5 Å². The summed E-state index contributed by atoms with van der Waals surface area (Å²) in [6.07, 6.45) is 1.84. The topological polar surface area (TPSA) is 30.5 Å². The molecular weight excluding hydrogens is 178 g/mol. The summed E-state index contributed by atoms with van der Waals surface area (Å²) in [5, 5.41) is 3.16. The van der Waals surface area contributed by atoms with E-state index < -0.39 is 0 Å². The van der Waals surface area contributed by atoms with Crippen LogP contribution in [-0.2, 0) is 9.47 Å². The van der Waals surface area contributed by atoms with Gasteiger partial charge in [0, 0.05) is 13.1 Å². The molecule has 0 rings (SSSR count). The Hall–Kier alpha value is -0.380. The average Bonchev–Trinajstić information content (AvgIpc) is 2.08. The summed E-state index contributed by atoms with van der Waals surface area (Å²) in [5.74, 6) is 0. The number of hydrogen-bond donors (Lipinski definition) is 1. The van der Waals surface area contributed by atoms with Gasteiger partial charge < -0.3 is 14.8 Å². The van der Waals surface area contributed by atoms with Crippen LogP contribution in [0.15, 0.2) is 12.7 Å². The summed E-state index contributed by atoms with van der Waals surface area (Å²) in [6.45, 7) is 13.5. The van der Waals surface area contributed by atoms with Crippen molar-refractivity contribution >= 4 is 0 Å². The summed E-state index contributed by atoms with van der Waals surface area (Å²) < 4.78 is 10.8.